The van der Waals surface area contributed by atoms with Crippen LogP contribution in [-0.2, 0) is 6.54 Å². The third-order valence-electron chi connectivity index (χ3n) is 3.59. The number of hydrogen-bond acceptors (Lipinski definition) is 4. The smallest absolute Gasteiger partial charge is 0.271 e. The Morgan fingerprint density at radius 1 is 1.25 bits per heavy atom. The van der Waals surface area contributed by atoms with Gasteiger partial charge in [0.2, 0.25) is 0 Å². The van der Waals surface area contributed by atoms with Gasteiger partial charge in [0.15, 0.2) is 5.78 Å². The summed E-state index contributed by atoms with van der Waals surface area (Å²) in [5.74, 6) is -0.417. The van der Waals surface area contributed by atoms with Crippen molar-refractivity contribution >= 4 is 11.7 Å². The van der Waals surface area contributed by atoms with Crippen molar-refractivity contribution in [1.82, 2.24) is 24.9 Å². The van der Waals surface area contributed by atoms with Crippen molar-refractivity contribution < 1.29 is 9.59 Å². The number of carbonyl (C=O) groups excluding carboxylic acids is 2. The van der Waals surface area contributed by atoms with Crippen molar-refractivity contribution in [2.75, 3.05) is 7.05 Å². The van der Waals surface area contributed by atoms with Gasteiger partial charge in [0, 0.05) is 32.3 Å². The fraction of sp³-hybridized carbons (Fsp3) is 0.176. The van der Waals surface area contributed by atoms with Crippen LogP contribution in [0.4, 0.5) is 0 Å². The molecule has 0 saturated carbocycles. The highest BCUT2D eigenvalue weighted by molar-refractivity contribution is 5.97. The molecule has 0 atom stereocenters. The molecule has 0 aliphatic carbocycles. The summed E-state index contributed by atoms with van der Waals surface area (Å²) in [5, 5.41) is 10.7. The van der Waals surface area contributed by atoms with Gasteiger partial charge in [-0.3, -0.25) is 14.7 Å². The largest absolute Gasteiger partial charge is 0.336 e. The lowest BCUT2D eigenvalue weighted by atomic mass is 10.2. The van der Waals surface area contributed by atoms with E-state index in [0.717, 1.165) is 11.3 Å². The van der Waals surface area contributed by atoms with Crippen molar-refractivity contribution in [2.24, 2.45) is 0 Å². The van der Waals surface area contributed by atoms with E-state index in [1.165, 1.54) is 13.0 Å². The molecule has 3 aromatic rings. The van der Waals surface area contributed by atoms with Crippen LogP contribution in [0.2, 0.25) is 0 Å². The number of nitrogens with zero attached hydrogens (tertiary/aromatic N) is 4. The van der Waals surface area contributed by atoms with Gasteiger partial charge in [-0.05, 0) is 18.2 Å². The van der Waals surface area contributed by atoms with Crippen molar-refractivity contribution in [1.29, 1.82) is 0 Å². The first-order valence-electron chi connectivity index (χ1n) is 7.45. The number of Topliss-reactive ketones (excluding diaryl/α,β-unsaturated/α-hetero) is 1. The van der Waals surface area contributed by atoms with Crippen molar-refractivity contribution in [3.8, 4) is 5.69 Å². The average molecular weight is 323 g/mol. The predicted molar refractivity (Wildman–Crippen MR) is 88.0 cm³/mol. The Balaban J connectivity index is 1.70. The fourth-order valence-corrected chi connectivity index (χ4v) is 2.33. The molecule has 1 aromatic carbocycles. The minimum absolute atomic E-state index is 0.183. The zero-order valence-electron chi connectivity index (χ0n) is 13.4. The average Bonchev–Trinajstić information content (AvgIpc) is 3.24. The molecule has 0 saturated heterocycles. The molecule has 0 unspecified atom stereocenters. The number of para-hydroxylation sites is 1. The monoisotopic (exact) mass is 323 g/mol. The third-order valence-corrected chi connectivity index (χ3v) is 3.59. The molecule has 7 heteroatoms. The molecule has 24 heavy (non-hydrogen) atoms. The summed E-state index contributed by atoms with van der Waals surface area (Å²) in [4.78, 5) is 25.2. The van der Waals surface area contributed by atoms with Gasteiger partial charge in [-0.2, -0.15) is 10.2 Å². The Morgan fingerprint density at radius 3 is 2.67 bits per heavy atom. The van der Waals surface area contributed by atoms with E-state index in [9.17, 15) is 9.59 Å². The van der Waals surface area contributed by atoms with Gasteiger partial charge in [0.1, 0.15) is 11.4 Å². The molecule has 0 aliphatic heterocycles. The van der Waals surface area contributed by atoms with Gasteiger partial charge >= 0.3 is 0 Å². The molecular weight excluding hydrogens is 306 g/mol. The maximum absolute atomic E-state index is 12.4. The summed E-state index contributed by atoms with van der Waals surface area (Å²) >= 11 is 0. The summed E-state index contributed by atoms with van der Waals surface area (Å²) in [5.41, 5.74) is 2.40. The molecule has 7 nitrogen and oxygen atoms in total. The van der Waals surface area contributed by atoms with Gasteiger partial charge in [-0.1, -0.05) is 18.2 Å². The molecule has 0 fully saturated rings. The Hall–Kier alpha value is -3.22. The number of carbonyl (C=O) groups is 2. The number of rotatable bonds is 5. The number of benzene rings is 1. The molecule has 1 amide bonds. The fourth-order valence-electron chi connectivity index (χ4n) is 2.33. The molecule has 0 spiro atoms. The molecule has 0 aliphatic rings. The van der Waals surface area contributed by atoms with E-state index >= 15 is 0 Å². The summed E-state index contributed by atoms with van der Waals surface area (Å²) in [6.45, 7) is 1.81. The van der Waals surface area contributed by atoms with Crippen LogP contribution in [0.25, 0.3) is 5.69 Å². The van der Waals surface area contributed by atoms with Gasteiger partial charge in [-0.15, -0.1) is 0 Å². The zero-order chi connectivity index (χ0) is 17.1. The topological polar surface area (TPSA) is 83.9 Å². The van der Waals surface area contributed by atoms with Crippen LogP contribution in [0.15, 0.2) is 48.8 Å². The summed E-state index contributed by atoms with van der Waals surface area (Å²) in [6.07, 6.45) is 3.61. The van der Waals surface area contributed by atoms with Crippen molar-refractivity contribution in [3.63, 3.8) is 0 Å². The van der Waals surface area contributed by atoms with Crippen LogP contribution in [0, 0.1) is 0 Å². The second-order valence-corrected chi connectivity index (χ2v) is 5.51. The third kappa shape index (κ3) is 3.24. The molecule has 2 heterocycles. The van der Waals surface area contributed by atoms with Crippen LogP contribution in [0.1, 0.15) is 33.5 Å². The number of aromatic nitrogens is 4. The number of amides is 1. The molecule has 3 rings (SSSR count). The first-order chi connectivity index (χ1) is 11.5. The lowest BCUT2D eigenvalue weighted by Crippen LogP contribution is -2.26. The van der Waals surface area contributed by atoms with Crippen LogP contribution < -0.4 is 0 Å². The number of ketones is 1. The standard InChI is InChI=1S/C17H17N5O2/c1-12(23)15-8-16(20-19-15)17(24)21(2)10-13-9-18-22(11-13)14-6-4-3-5-7-14/h3-9,11H,10H2,1-2H3,(H,19,20). The minimum Gasteiger partial charge on any atom is -0.336 e. The molecule has 0 bridgehead atoms. The Labute approximate surface area is 138 Å². The van der Waals surface area contributed by atoms with Crippen LogP contribution in [0.3, 0.4) is 0 Å². The summed E-state index contributed by atoms with van der Waals surface area (Å²) < 4.78 is 1.76. The SMILES string of the molecule is CC(=O)c1cc(C(=O)N(C)Cc2cnn(-c3ccccc3)c2)[nH]n1. The molecule has 1 N–H and O–H groups in total. The Kier molecular flexibility index (Phi) is 4.24. The second kappa shape index (κ2) is 6.49. The maximum Gasteiger partial charge on any atom is 0.271 e. The first-order valence-corrected chi connectivity index (χ1v) is 7.45. The highest BCUT2D eigenvalue weighted by atomic mass is 16.2. The van der Waals surface area contributed by atoms with E-state index in [1.807, 2.05) is 36.5 Å². The van der Waals surface area contributed by atoms with E-state index in [1.54, 1.807) is 22.8 Å². The van der Waals surface area contributed by atoms with E-state index < -0.39 is 0 Å². The number of aromatic amines is 1. The lowest BCUT2D eigenvalue weighted by molar-refractivity contribution is 0.0779. The highest BCUT2D eigenvalue weighted by Crippen LogP contribution is 2.11. The number of nitrogens with one attached hydrogen (secondary N) is 1. The summed E-state index contributed by atoms with van der Waals surface area (Å²) in [7, 11) is 1.69. The van der Waals surface area contributed by atoms with Crippen LogP contribution >= 0.6 is 0 Å². The second-order valence-electron chi connectivity index (χ2n) is 5.51. The molecule has 2 aromatic heterocycles. The first kappa shape index (κ1) is 15.7. The molecule has 0 radical (unpaired) electrons. The normalized spacial score (nSPS) is 10.6. The summed E-state index contributed by atoms with van der Waals surface area (Å²) in [6, 6.07) is 11.2. The Morgan fingerprint density at radius 2 is 2.00 bits per heavy atom. The number of H-pyrrole nitrogens is 1. The molecule has 122 valence electrons. The van der Waals surface area contributed by atoms with E-state index in [4.69, 9.17) is 0 Å². The van der Waals surface area contributed by atoms with Crippen molar-refractivity contribution in [2.45, 2.75) is 13.5 Å². The number of hydrogen-bond donors (Lipinski definition) is 1. The van der Waals surface area contributed by atoms with Gasteiger partial charge in [-0.25, -0.2) is 4.68 Å². The highest BCUT2D eigenvalue weighted by Gasteiger charge is 2.17. The molecular formula is C17H17N5O2. The zero-order valence-corrected chi connectivity index (χ0v) is 13.4. The van der Waals surface area contributed by atoms with Gasteiger partial charge in [0.25, 0.3) is 5.91 Å². The van der Waals surface area contributed by atoms with Gasteiger partial charge in [0.05, 0.1) is 11.9 Å². The van der Waals surface area contributed by atoms with E-state index in [-0.39, 0.29) is 23.1 Å². The lowest BCUT2D eigenvalue weighted by Gasteiger charge is -2.14. The van der Waals surface area contributed by atoms with E-state index in [2.05, 4.69) is 15.3 Å². The van der Waals surface area contributed by atoms with Crippen LogP contribution in [0.5, 0.6) is 0 Å². The Bertz CT molecular complexity index is 866. The van der Waals surface area contributed by atoms with Crippen LogP contribution in [-0.4, -0.2) is 43.6 Å². The quantitative estimate of drug-likeness (QED) is 0.729. The maximum atomic E-state index is 12.4. The van der Waals surface area contributed by atoms with Gasteiger partial charge < -0.3 is 4.90 Å². The van der Waals surface area contributed by atoms with Crippen molar-refractivity contribution in [3.05, 3.63) is 65.7 Å². The van der Waals surface area contributed by atoms with E-state index in [0.29, 0.717) is 6.54 Å². The predicted octanol–water partition coefficient (Wildman–Crippen LogP) is 2.07. The minimum atomic E-state index is -0.234.